The van der Waals surface area contributed by atoms with E-state index in [1.165, 1.54) is 0 Å². The lowest BCUT2D eigenvalue weighted by atomic mass is 10.1. The molecule has 1 fully saturated rings. The number of aromatic nitrogens is 1. The molecule has 0 unspecified atom stereocenters. The zero-order valence-corrected chi connectivity index (χ0v) is 11.0. The molecule has 1 aromatic heterocycles. The molecule has 4 heteroatoms. The second-order valence-corrected chi connectivity index (χ2v) is 5.31. The van der Waals surface area contributed by atoms with Crippen molar-refractivity contribution in [1.29, 1.82) is 0 Å². The van der Waals surface area contributed by atoms with Gasteiger partial charge in [-0.1, -0.05) is 18.2 Å². The Morgan fingerprint density at radius 1 is 1.17 bits per heavy atom. The van der Waals surface area contributed by atoms with Crippen LogP contribution in [0.1, 0.15) is 12.8 Å². The minimum absolute atomic E-state index is 0.337. The van der Waals surface area contributed by atoms with Gasteiger partial charge in [-0.25, -0.2) is 4.98 Å². The topological polar surface area (TPSA) is 25.4 Å². The highest BCUT2D eigenvalue weighted by molar-refractivity contribution is 7.13. The Balaban J connectivity index is 1.54. The summed E-state index contributed by atoms with van der Waals surface area (Å²) in [6.45, 7) is 2.07. The molecule has 94 valence electrons. The maximum Gasteiger partial charge on any atom is 0.185 e. The Labute approximate surface area is 111 Å². The van der Waals surface area contributed by atoms with Crippen molar-refractivity contribution in [3.8, 4) is 5.75 Å². The summed E-state index contributed by atoms with van der Waals surface area (Å²) in [5.74, 6) is 0.977. The molecule has 0 aliphatic carbocycles. The van der Waals surface area contributed by atoms with Gasteiger partial charge in [0.1, 0.15) is 11.9 Å². The third-order valence-electron chi connectivity index (χ3n) is 3.18. The molecular weight excluding hydrogens is 244 g/mol. The number of para-hydroxylation sites is 1. The van der Waals surface area contributed by atoms with Gasteiger partial charge in [0.25, 0.3) is 0 Å². The number of hydrogen-bond acceptors (Lipinski definition) is 4. The fraction of sp³-hybridized carbons (Fsp3) is 0.357. The van der Waals surface area contributed by atoms with Crippen molar-refractivity contribution in [1.82, 2.24) is 4.98 Å². The van der Waals surface area contributed by atoms with Crippen molar-refractivity contribution in [2.24, 2.45) is 0 Å². The largest absolute Gasteiger partial charge is 0.490 e. The Morgan fingerprint density at radius 2 is 1.94 bits per heavy atom. The molecular formula is C14H16N2OS. The molecule has 3 rings (SSSR count). The summed E-state index contributed by atoms with van der Waals surface area (Å²) in [6.07, 6.45) is 4.33. The van der Waals surface area contributed by atoms with E-state index in [2.05, 4.69) is 9.88 Å². The van der Waals surface area contributed by atoms with Crippen molar-refractivity contribution < 1.29 is 4.74 Å². The van der Waals surface area contributed by atoms with Gasteiger partial charge in [-0.05, 0) is 12.1 Å². The van der Waals surface area contributed by atoms with Crippen LogP contribution in [0.3, 0.4) is 0 Å². The molecule has 1 aromatic carbocycles. The van der Waals surface area contributed by atoms with E-state index in [0.29, 0.717) is 6.10 Å². The normalized spacial score (nSPS) is 16.8. The first kappa shape index (κ1) is 11.5. The number of ether oxygens (including phenoxy) is 1. The molecule has 0 N–H and O–H groups in total. The first-order valence-electron chi connectivity index (χ1n) is 6.28. The molecule has 18 heavy (non-hydrogen) atoms. The van der Waals surface area contributed by atoms with Gasteiger partial charge in [-0.15, -0.1) is 11.3 Å². The van der Waals surface area contributed by atoms with Gasteiger partial charge in [-0.3, -0.25) is 0 Å². The van der Waals surface area contributed by atoms with Crippen molar-refractivity contribution >= 4 is 16.5 Å². The van der Waals surface area contributed by atoms with E-state index in [4.69, 9.17) is 4.74 Å². The van der Waals surface area contributed by atoms with Gasteiger partial charge < -0.3 is 9.64 Å². The van der Waals surface area contributed by atoms with Gasteiger partial charge in [0.15, 0.2) is 5.13 Å². The van der Waals surface area contributed by atoms with E-state index in [-0.39, 0.29) is 0 Å². The number of nitrogens with zero attached hydrogens (tertiary/aromatic N) is 2. The molecule has 1 saturated heterocycles. The van der Waals surface area contributed by atoms with Crippen LogP contribution in [0.2, 0.25) is 0 Å². The summed E-state index contributed by atoms with van der Waals surface area (Å²) in [6, 6.07) is 10.1. The van der Waals surface area contributed by atoms with Crippen LogP contribution < -0.4 is 9.64 Å². The quantitative estimate of drug-likeness (QED) is 0.847. The highest BCUT2D eigenvalue weighted by Crippen LogP contribution is 2.24. The number of rotatable bonds is 3. The molecule has 2 aromatic rings. The summed E-state index contributed by atoms with van der Waals surface area (Å²) in [4.78, 5) is 6.70. The molecule has 0 bridgehead atoms. The number of hydrogen-bond donors (Lipinski definition) is 0. The van der Waals surface area contributed by atoms with Crippen LogP contribution in [0, 0.1) is 0 Å². The fourth-order valence-corrected chi connectivity index (χ4v) is 2.93. The van der Waals surface area contributed by atoms with Gasteiger partial charge >= 0.3 is 0 Å². The maximum atomic E-state index is 5.98. The lowest BCUT2D eigenvalue weighted by Gasteiger charge is -2.31. The van der Waals surface area contributed by atoms with Crippen molar-refractivity contribution in [3.05, 3.63) is 41.9 Å². The Morgan fingerprint density at radius 3 is 2.61 bits per heavy atom. The molecule has 0 amide bonds. The molecule has 1 aliphatic rings. The minimum atomic E-state index is 0.337. The van der Waals surface area contributed by atoms with Crippen LogP contribution in [0.25, 0.3) is 0 Å². The van der Waals surface area contributed by atoms with Gasteiger partial charge in [-0.2, -0.15) is 0 Å². The van der Waals surface area contributed by atoms with Crippen molar-refractivity contribution in [2.75, 3.05) is 18.0 Å². The lowest BCUT2D eigenvalue weighted by molar-refractivity contribution is 0.171. The number of anilines is 1. The third-order valence-corrected chi connectivity index (χ3v) is 4.01. The third kappa shape index (κ3) is 2.64. The number of benzene rings is 1. The molecule has 1 aliphatic heterocycles. The smallest absolute Gasteiger partial charge is 0.185 e. The van der Waals surface area contributed by atoms with Crippen LogP contribution in [-0.4, -0.2) is 24.2 Å². The summed E-state index contributed by atoms with van der Waals surface area (Å²) in [5.41, 5.74) is 0. The van der Waals surface area contributed by atoms with E-state index < -0.39 is 0 Å². The molecule has 2 heterocycles. The van der Waals surface area contributed by atoms with Crippen LogP contribution in [0.15, 0.2) is 41.9 Å². The van der Waals surface area contributed by atoms with E-state index in [1.54, 1.807) is 11.3 Å². The summed E-state index contributed by atoms with van der Waals surface area (Å²) in [7, 11) is 0. The fourth-order valence-electron chi connectivity index (χ4n) is 2.23. The second-order valence-electron chi connectivity index (χ2n) is 4.43. The highest BCUT2D eigenvalue weighted by atomic mass is 32.1. The highest BCUT2D eigenvalue weighted by Gasteiger charge is 2.21. The van der Waals surface area contributed by atoms with E-state index in [0.717, 1.165) is 36.8 Å². The van der Waals surface area contributed by atoms with E-state index in [1.807, 2.05) is 41.9 Å². The van der Waals surface area contributed by atoms with Crippen LogP contribution in [-0.2, 0) is 0 Å². The van der Waals surface area contributed by atoms with Crippen LogP contribution in [0.5, 0.6) is 5.75 Å². The minimum Gasteiger partial charge on any atom is -0.490 e. The Hall–Kier alpha value is -1.55. The molecule has 0 atom stereocenters. The first-order chi connectivity index (χ1) is 8.92. The van der Waals surface area contributed by atoms with Crippen LogP contribution >= 0.6 is 11.3 Å². The molecule has 0 spiro atoms. The summed E-state index contributed by atoms with van der Waals surface area (Å²) < 4.78 is 5.98. The molecule has 0 radical (unpaired) electrons. The Bertz CT molecular complexity index is 464. The standard InChI is InChI=1S/C14H16N2OS/c1-2-4-12(5-3-1)17-13-6-9-16(10-7-13)14-15-8-11-18-14/h1-5,8,11,13H,6-7,9-10H2. The van der Waals surface area contributed by atoms with Crippen molar-refractivity contribution in [2.45, 2.75) is 18.9 Å². The summed E-state index contributed by atoms with van der Waals surface area (Å²) >= 11 is 1.71. The average molecular weight is 260 g/mol. The lowest BCUT2D eigenvalue weighted by Crippen LogP contribution is -2.38. The summed E-state index contributed by atoms with van der Waals surface area (Å²) in [5, 5.41) is 3.16. The molecule has 0 saturated carbocycles. The number of piperidine rings is 1. The van der Waals surface area contributed by atoms with Crippen LogP contribution in [0.4, 0.5) is 5.13 Å². The maximum absolute atomic E-state index is 5.98. The average Bonchev–Trinajstić information content (AvgIpc) is 2.95. The predicted octanol–water partition coefficient (Wildman–Crippen LogP) is 3.19. The SMILES string of the molecule is c1ccc(OC2CCN(c3nccs3)CC2)cc1. The van der Waals surface area contributed by atoms with Gasteiger partial charge in [0.05, 0.1) is 0 Å². The zero-order chi connectivity index (χ0) is 12.2. The Kier molecular flexibility index (Phi) is 3.46. The van der Waals surface area contributed by atoms with Crippen molar-refractivity contribution in [3.63, 3.8) is 0 Å². The van der Waals surface area contributed by atoms with Gasteiger partial charge in [0, 0.05) is 37.5 Å². The first-order valence-corrected chi connectivity index (χ1v) is 7.16. The van der Waals surface area contributed by atoms with E-state index in [9.17, 15) is 0 Å². The molecule has 3 nitrogen and oxygen atoms in total. The number of thiazole rings is 1. The zero-order valence-electron chi connectivity index (χ0n) is 10.2. The van der Waals surface area contributed by atoms with E-state index >= 15 is 0 Å². The predicted molar refractivity (Wildman–Crippen MR) is 74.4 cm³/mol. The second kappa shape index (κ2) is 5.40. The monoisotopic (exact) mass is 260 g/mol. The van der Waals surface area contributed by atoms with Gasteiger partial charge in [0.2, 0.25) is 0 Å².